The number of ether oxygens (including phenoxy) is 1. The maximum atomic E-state index is 12.3. The molecule has 1 atom stereocenters. The van der Waals surface area contributed by atoms with Crippen molar-refractivity contribution in [1.29, 1.82) is 0 Å². The summed E-state index contributed by atoms with van der Waals surface area (Å²) in [5, 5.41) is 17.5. The number of amides is 1. The zero-order valence-corrected chi connectivity index (χ0v) is 14.6. The molecule has 0 aliphatic carbocycles. The van der Waals surface area contributed by atoms with Gasteiger partial charge in [0.1, 0.15) is 11.8 Å². The van der Waals surface area contributed by atoms with Crippen molar-refractivity contribution in [2.45, 2.75) is 13.0 Å². The van der Waals surface area contributed by atoms with Gasteiger partial charge in [0.2, 0.25) is 11.7 Å². The lowest BCUT2D eigenvalue weighted by molar-refractivity contribution is -0.384. The van der Waals surface area contributed by atoms with E-state index in [-0.39, 0.29) is 23.3 Å². The van der Waals surface area contributed by atoms with Crippen LogP contribution in [-0.4, -0.2) is 28.1 Å². The first kappa shape index (κ1) is 18.1. The van der Waals surface area contributed by atoms with Crippen molar-refractivity contribution >= 4 is 11.6 Å². The largest absolute Gasteiger partial charge is 0.497 e. The van der Waals surface area contributed by atoms with Crippen LogP contribution in [0.1, 0.15) is 29.2 Å². The van der Waals surface area contributed by atoms with Gasteiger partial charge in [-0.2, -0.15) is 4.98 Å². The van der Waals surface area contributed by atoms with E-state index in [9.17, 15) is 14.9 Å². The monoisotopic (exact) mass is 368 g/mol. The summed E-state index contributed by atoms with van der Waals surface area (Å²) in [6, 6.07) is 12.0. The minimum Gasteiger partial charge on any atom is -0.497 e. The highest BCUT2D eigenvalue weighted by Crippen LogP contribution is 2.23. The van der Waals surface area contributed by atoms with Crippen LogP contribution >= 0.6 is 0 Å². The van der Waals surface area contributed by atoms with Gasteiger partial charge in [0.25, 0.3) is 11.6 Å². The van der Waals surface area contributed by atoms with Crippen LogP contribution < -0.4 is 10.1 Å². The minimum atomic E-state index is -0.542. The van der Waals surface area contributed by atoms with Gasteiger partial charge in [0, 0.05) is 23.3 Å². The molecule has 0 bridgehead atoms. The van der Waals surface area contributed by atoms with Crippen molar-refractivity contribution in [3.8, 4) is 17.1 Å². The third-order valence-electron chi connectivity index (χ3n) is 3.83. The van der Waals surface area contributed by atoms with Crippen LogP contribution in [0.25, 0.3) is 11.4 Å². The molecular weight excluding hydrogens is 352 g/mol. The molecule has 27 heavy (non-hydrogen) atoms. The molecule has 2 aromatic carbocycles. The fourth-order valence-electron chi connectivity index (χ4n) is 2.37. The molecule has 138 valence electrons. The van der Waals surface area contributed by atoms with Gasteiger partial charge in [-0.05, 0) is 31.2 Å². The summed E-state index contributed by atoms with van der Waals surface area (Å²) in [7, 11) is 1.55. The number of non-ortho nitro benzene ring substituents is 1. The first-order valence-corrected chi connectivity index (χ1v) is 8.01. The molecule has 3 aromatic rings. The van der Waals surface area contributed by atoms with Crippen LogP contribution in [-0.2, 0) is 0 Å². The van der Waals surface area contributed by atoms with E-state index >= 15 is 0 Å². The molecule has 0 radical (unpaired) electrons. The van der Waals surface area contributed by atoms with E-state index < -0.39 is 11.0 Å². The number of rotatable bonds is 6. The Hall–Kier alpha value is -3.75. The van der Waals surface area contributed by atoms with Crippen molar-refractivity contribution in [2.24, 2.45) is 0 Å². The summed E-state index contributed by atoms with van der Waals surface area (Å²) in [6.07, 6.45) is 0. The minimum absolute atomic E-state index is 0.0697. The molecule has 1 heterocycles. The number of hydrogen-bond donors (Lipinski definition) is 1. The van der Waals surface area contributed by atoms with Crippen LogP contribution in [0.15, 0.2) is 53.1 Å². The fraction of sp³-hybridized carbons (Fsp3) is 0.167. The second-order valence-electron chi connectivity index (χ2n) is 5.69. The SMILES string of the molecule is COc1ccc(C(=O)NC(C)c2nc(-c3cccc([N+](=O)[O-])c3)no2)cc1. The number of methoxy groups -OCH3 is 1. The first-order valence-electron chi connectivity index (χ1n) is 8.01. The van der Waals surface area contributed by atoms with Crippen molar-refractivity contribution < 1.29 is 19.0 Å². The van der Waals surface area contributed by atoms with Gasteiger partial charge < -0.3 is 14.6 Å². The molecule has 9 heteroatoms. The van der Waals surface area contributed by atoms with Gasteiger partial charge in [0.05, 0.1) is 12.0 Å². The molecule has 0 aliphatic heterocycles. The Morgan fingerprint density at radius 2 is 2.00 bits per heavy atom. The number of benzene rings is 2. The Morgan fingerprint density at radius 3 is 2.67 bits per heavy atom. The molecule has 0 saturated carbocycles. The van der Waals surface area contributed by atoms with E-state index in [1.165, 1.54) is 12.1 Å². The van der Waals surface area contributed by atoms with Crippen LogP contribution in [0.5, 0.6) is 5.75 Å². The smallest absolute Gasteiger partial charge is 0.270 e. The summed E-state index contributed by atoms with van der Waals surface area (Å²) in [4.78, 5) is 26.9. The van der Waals surface area contributed by atoms with Crippen LogP contribution in [0.2, 0.25) is 0 Å². The number of nitrogens with zero attached hydrogens (tertiary/aromatic N) is 3. The van der Waals surface area contributed by atoms with Crippen LogP contribution in [0, 0.1) is 10.1 Å². The van der Waals surface area contributed by atoms with Crippen molar-refractivity contribution in [3.63, 3.8) is 0 Å². The Morgan fingerprint density at radius 1 is 1.26 bits per heavy atom. The Kier molecular flexibility index (Phi) is 5.11. The van der Waals surface area contributed by atoms with Crippen molar-refractivity contribution in [1.82, 2.24) is 15.5 Å². The molecule has 9 nitrogen and oxygen atoms in total. The van der Waals surface area contributed by atoms with E-state index in [0.717, 1.165) is 0 Å². The van der Waals surface area contributed by atoms with E-state index in [1.54, 1.807) is 50.4 Å². The van der Waals surface area contributed by atoms with Crippen LogP contribution in [0.4, 0.5) is 5.69 Å². The average molecular weight is 368 g/mol. The van der Waals surface area contributed by atoms with Gasteiger partial charge >= 0.3 is 0 Å². The summed E-state index contributed by atoms with van der Waals surface area (Å²) >= 11 is 0. The molecule has 0 fully saturated rings. The van der Waals surface area contributed by atoms with E-state index in [4.69, 9.17) is 9.26 Å². The second-order valence-corrected chi connectivity index (χ2v) is 5.69. The standard InChI is InChI=1S/C18H16N4O5/c1-11(19-17(23)12-6-8-15(26-2)9-7-12)18-20-16(21-27-18)13-4-3-5-14(10-13)22(24)25/h3-11H,1-2H3,(H,19,23). The zero-order chi connectivity index (χ0) is 19.4. The quantitative estimate of drug-likeness (QED) is 0.524. The first-order chi connectivity index (χ1) is 13.0. The number of carbonyl (C=O) groups is 1. The second kappa shape index (κ2) is 7.65. The third kappa shape index (κ3) is 4.09. The lowest BCUT2D eigenvalue weighted by Crippen LogP contribution is -2.26. The maximum absolute atomic E-state index is 12.3. The number of nitrogens with one attached hydrogen (secondary N) is 1. The highest BCUT2D eigenvalue weighted by Gasteiger charge is 2.19. The van der Waals surface area contributed by atoms with Gasteiger partial charge in [-0.25, -0.2) is 0 Å². The molecule has 1 amide bonds. The summed E-state index contributed by atoms with van der Waals surface area (Å²) in [6.45, 7) is 1.70. The molecular formula is C18H16N4O5. The summed E-state index contributed by atoms with van der Waals surface area (Å²) in [5.41, 5.74) is 0.841. The lowest BCUT2D eigenvalue weighted by atomic mass is 10.2. The van der Waals surface area contributed by atoms with Gasteiger partial charge in [-0.1, -0.05) is 17.3 Å². The number of aromatic nitrogens is 2. The van der Waals surface area contributed by atoms with E-state index in [2.05, 4.69) is 15.5 Å². The zero-order valence-electron chi connectivity index (χ0n) is 14.6. The molecule has 1 aromatic heterocycles. The van der Waals surface area contributed by atoms with E-state index in [1.807, 2.05) is 0 Å². The average Bonchev–Trinajstić information content (AvgIpc) is 3.18. The number of nitro groups is 1. The van der Waals surface area contributed by atoms with E-state index in [0.29, 0.717) is 16.9 Å². The third-order valence-corrected chi connectivity index (χ3v) is 3.83. The lowest BCUT2D eigenvalue weighted by Gasteiger charge is -2.10. The fourth-order valence-corrected chi connectivity index (χ4v) is 2.37. The van der Waals surface area contributed by atoms with Crippen LogP contribution in [0.3, 0.4) is 0 Å². The normalized spacial score (nSPS) is 11.6. The highest BCUT2D eigenvalue weighted by molar-refractivity contribution is 5.94. The number of nitro benzene ring substituents is 1. The van der Waals surface area contributed by atoms with Gasteiger partial charge in [0.15, 0.2) is 0 Å². The van der Waals surface area contributed by atoms with Crippen molar-refractivity contribution in [2.75, 3.05) is 7.11 Å². The Balaban J connectivity index is 1.72. The van der Waals surface area contributed by atoms with Gasteiger partial charge in [-0.15, -0.1) is 0 Å². The molecule has 0 spiro atoms. The van der Waals surface area contributed by atoms with Gasteiger partial charge in [-0.3, -0.25) is 14.9 Å². The Bertz CT molecular complexity index is 968. The molecule has 0 aliphatic rings. The number of carbonyl (C=O) groups excluding carboxylic acids is 1. The van der Waals surface area contributed by atoms with Crippen molar-refractivity contribution in [3.05, 3.63) is 70.1 Å². The molecule has 1 N–H and O–H groups in total. The summed E-state index contributed by atoms with van der Waals surface area (Å²) in [5.74, 6) is 0.746. The maximum Gasteiger partial charge on any atom is 0.270 e. The molecule has 0 saturated heterocycles. The predicted molar refractivity (Wildman–Crippen MR) is 95.3 cm³/mol. The topological polar surface area (TPSA) is 120 Å². The highest BCUT2D eigenvalue weighted by atomic mass is 16.6. The molecule has 1 unspecified atom stereocenters. The predicted octanol–water partition coefficient (Wildman–Crippen LogP) is 3.14. The number of hydrogen-bond acceptors (Lipinski definition) is 7. The Labute approximate surface area is 154 Å². The summed E-state index contributed by atoms with van der Waals surface area (Å²) < 4.78 is 10.2. The molecule has 3 rings (SSSR count).